The van der Waals surface area contributed by atoms with E-state index in [9.17, 15) is 0 Å². The number of nitrogens with one attached hydrogen (secondary N) is 1. The molecule has 1 aliphatic carbocycles. The lowest BCUT2D eigenvalue weighted by atomic mass is 10.1. The van der Waals surface area contributed by atoms with Crippen LogP contribution in [0.2, 0.25) is 0 Å². The largest absolute Gasteiger partial charge is 0.490 e. The maximum Gasteiger partial charge on any atom is 0.150 e. The minimum atomic E-state index is 0.388. The maximum absolute atomic E-state index is 6.10. The SMILES string of the molecule is c1cc(OC2CCCC2)ccc1CN1CCCC1c1nnc2n1CCNC2. The van der Waals surface area contributed by atoms with Crippen LogP contribution in [0.25, 0.3) is 0 Å². The van der Waals surface area contributed by atoms with Crippen LogP contribution in [0.4, 0.5) is 0 Å². The molecule has 1 atom stereocenters. The van der Waals surface area contributed by atoms with Crippen molar-refractivity contribution in [2.24, 2.45) is 0 Å². The van der Waals surface area contributed by atoms with E-state index in [1.807, 2.05) is 0 Å². The molecule has 6 nitrogen and oxygen atoms in total. The Balaban J connectivity index is 1.26. The summed E-state index contributed by atoms with van der Waals surface area (Å²) in [6, 6.07) is 9.12. The fourth-order valence-corrected chi connectivity index (χ4v) is 4.78. The Morgan fingerprint density at radius 3 is 2.70 bits per heavy atom. The molecule has 27 heavy (non-hydrogen) atoms. The first-order valence-electron chi connectivity index (χ1n) is 10.5. The summed E-state index contributed by atoms with van der Waals surface area (Å²) in [5, 5.41) is 12.3. The van der Waals surface area contributed by atoms with Crippen molar-refractivity contribution in [2.45, 2.75) is 70.3 Å². The first-order chi connectivity index (χ1) is 13.4. The molecule has 0 spiro atoms. The van der Waals surface area contributed by atoms with Crippen LogP contribution in [-0.2, 0) is 19.6 Å². The molecule has 1 saturated carbocycles. The van der Waals surface area contributed by atoms with Crippen LogP contribution in [0.5, 0.6) is 5.75 Å². The monoisotopic (exact) mass is 367 g/mol. The number of hydrogen-bond donors (Lipinski definition) is 1. The van der Waals surface area contributed by atoms with Crippen molar-refractivity contribution in [1.29, 1.82) is 0 Å². The summed E-state index contributed by atoms with van der Waals surface area (Å²) >= 11 is 0. The minimum absolute atomic E-state index is 0.388. The number of fused-ring (bicyclic) bond motifs is 1. The Labute approximate surface area is 160 Å². The molecule has 3 heterocycles. The zero-order valence-electron chi connectivity index (χ0n) is 15.9. The Morgan fingerprint density at radius 2 is 1.85 bits per heavy atom. The van der Waals surface area contributed by atoms with Crippen LogP contribution in [0.3, 0.4) is 0 Å². The van der Waals surface area contributed by atoms with Gasteiger partial charge in [-0.3, -0.25) is 4.90 Å². The van der Waals surface area contributed by atoms with Crippen LogP contribution >= 0.6 is 0 Å². The predicted octanol–water partition coefficient (Wildman–Crippen LogP) is 3.04. The molecule has 2 aromatic rings. The number of rotatable bonds is 5. The highest BCUT2D eigenvalue weighted by Crippen LogP contribution is 2.33. The molecule has 0 bridgehead atoms. The third-order valence-electron chi connectivity index (χ3n) is 6.23. The van der Waals surface area contributed by atoms with Gasteiger partial charge in [-0.25, -0.2) is 0 Å². The van der Waals surface area contributed by atoms with Crippen molar-refractivity contribution in [3.8, 4) is 5.75 Å². The molecule has 1 aromatic heterocycles. The van der Waals surface area contributed by atoms with Gasteiger partial charge in [-0.15, -0.1) is 10.2 Å². The van der Waals surface area contributed by atoms with Crippen molar-refractivity contribution in [3.63, 3.8) is 0 Å². The standard InChI is InChI=1S/C21H29N5O/c1-2-5-17(4-1)27-18-9-7-16(8-10-18)15-25-12-3-6-19(25)21-24-23-20-14-22-11-13-26(20)21/h7-10,17,19,22H,1-6,11-15H2. The molecular formula is C21H29N5O. The van der Waals surface area contributed by atoms with Gasteiger partial charge in [0.25, 0.3) is 0 Å². The van der Waals surface area contributed by atoms with Crippen LogP contribution in [0.15, 0.2) is 24.3 Å². The van der Waals surface area contributed by atoms with Gasteiger partial charge in [0.2, 0.25) is 0 Å². The second-order valence-corrected chi connectivity index (χ2v) is 8.10. The summed E-state index contributed by atoms with van der Waals surface area (Å²) < 4.78 is 8.43. The maximum atomic E-state index is 6.10. The Morgan fingerprint density at radius 1 is 1.00 bits per heavy atom. The summed E-state index contributed by atoms with van der Waals surface area (Å²) in [4.78, 5) is 2.56. The van der Waals surface area contributed by atoms with E-state index in [1.165, 1.54) is 44.1 Å². The number of aromatic nitrogens is 3. The van der Waals surface area contributed by atoms with Gasteiger partial charge in [0.15, 0.2) is 5.82 Å². The van der Waals surface area contributed by atoms with Crippen LogP contribution < -0.4 is 10.1 Å². The molecule has 1 unspecified atom stereocenters. The summed E-state index contributed by atoms with van der Waals surface area (Å²) in [6.07, 6.45) is 7.85. The molecule has 0 radical (unpaired) electrons. The third-order valence-corrected chi connectivity index (χ3v) is 6.23. The average molecular weight is 367 g/mol. The topological polar surface area (TPSA) is 55.2 Å². The highest BCUT2D eigenvalue weighted by molar-refractivity contribution is 5.27. The number of benzene rings is 1. The summed E-state index contributed by atoms with van der Waals surface area (Å²) in [5.41, 5.74) is 1.35. The Bertz CT molecular complexity index is 765. The highest BCUT2D eigenvalue weighted by atomic mass is 16.5. The van der Waals surface area contributed by atoms with Crippen LogP contribution in [0.1, 0.15) is 61.8 Å². The highest BCUT2D eigenvalue weighted by Gasteiger charge is 2.31. The van der Waals surface area contributed by atoms with E-state index in [4.69, 9.17) is 4.74 Å². The average Bonchev–Trinajstić information content (AvgIpc) is 3.44. The van der Waals surface area contributed by atoms with Crippen LogP contribution in [-0.4, -0.2) is 38.9 Å². The van der Waals surface area contributed by atoms with Crippen molar-refractivity contribution >= 4 is 0 Å². The van der Waals surface area contributed by atoms with Crippen molar-refractivity contribution in [2.75, 3.05) is 13.1 Å². The molecule has 1 saturated heterocycles. The number of likely N-dealkylation sites (tertiary alicyclic amines) is 1. The molecule has 144 valence electrons. The lowest BCUT2D eigenvalue weighted by molar-refractivity contribution is 0.209. The molecule has 2 fully saturated rings. The quantitative estimate of drug-likeness (QED) is 0.880. The van der Waals surface area contributed by atoms with Gasteiger partial charge in [0.05, 0.1) is 18.7 Å². The molecular weight excluding hydrogens is 338 g/mol. The first kappa shape index (κ1) is 17.2. The van der Waals surface area contributed by atoms with E-state index in [-0.39, 0.29) is 0 Å². The van der Waals surface area contributed by atoms with E-state index in [2.05, 4.69) is 49.2 Å². The molecule has 3 aliphatic rings. The zero-order chi connectivity index (χ0) is 18.1. The van der Waals surface area contributed by atoms with Crippen molar-refractivity contribution in [1.82, 2.24) is 25.0 Å². The van der Waals surface area contributed by atoms with Gasteiger partial charge in [-0.05, 0) is 62.8 Å². The van der Waals surface area contributed by atoms with Gasteiger partial charge in [0.1, 0.15) is 11.6 Å². The Kier molecular flexibility index (Phi) is 4.84. The van der Waals surface area contributed by atoms with E-state index >= 15 is 0 Å². The molecule has 2 aliphatic heterocycles. The summed E-state index contributed by atoms with van der Waals surface area (Å²) in [5.74, 6) is 3.25. The van der Waals surface area contributed by atoms with Gasteiger partial charge >= 0.3 is 0 Å². The molecule has 1 aromatic carbocycles. The minimum Gasteiger partial charge on any atom is -0.490 e. The lowest BCUT2D eigenvalue weighted by Gasteiger charge is -2.26. The fourth-order valence-electron chi connectivity index (χ4n) is 4.78. The number of hydrogen-bond acceptors (Lipinski definition) is 5. The third kappa shape index (κ3) is 3.60. The van der Waals surface area contributed by atoms with Gasteiger partial charge in [0, 0.05) is 19.6 Å². The van der Waals surface area contributed by atoms with Crippen LogP contribution in [0, 0.1) is 0 Å². The Hall–Kier alpha value is -1.92. The van der Waals surface area contributed by atoms with E-state index in [1.54, 1.807) is 0 Å². The van der Waals surface area contributed by atoms with Gasteiger partial charge in [-0.1, -0.05) is 12.1 Å². The van der Waals surface area contributed by atoms with Gasteiger partial charge in [-0.2, -0.15) is 0 Å². The van der Waals surface area contributed by atoms with E-state index < -0.39 is 0 Å². The molecule has 1 N–H and O–H groups in total. The lowest BCUT2D eigenvalue weighted by Crippen LogP contribution is -2.31. The second-order valence-electron chi connectivity index (χ2n) is 8.10. The summed E-state index contributed by atoms with van der Waals surface area (Å²) in [7, 11) is 0. The molecule has 5 rings (SSSR count). The predicted molar refractivity (Wildman–Crippen MR) is 103 cm³/mol. The molecule has 0 amide bonds. The fraction of sp³-hybridized carbons (Fsp3) is 0.619. The second kappa shape index (κ2) is 7.60. The van der Waals surface area contributed by atoms with Gasteiger partial charge < -0.3 is 14.6 Å². The van der Waals surface area contributed by atoms with Crippen molar-refractivity contribution in [3.05, 3.63) is 41.5 Å². The van der Waals surface area contributed by atoms with E-state index in [0.717, 1.165) is 50.1 Å². The summed E-state index contributed by atoms with van der Waals surface area (Å²) in [6.45, 7) is 4.92. The number of nitrogens with zero attached hydrogens (tertiary/aromatic N) is 4. The normalized spacial score (nSPS) is 23.6. The first-order valence-corrected chi connectivity index (χ1v) is 10.5. The van der Waals surface area contributed by atoms with Crippen molar-refractivity contribution < 1.29 is 4.74 Å². The zero-order valence-corrected chi connectivity index (χ0v) is 15.9. The number of ether oxygens (including phenoxy) is 1. The molecule has 6 heteroatoms. The van der Waals surface area contributed by atoms with E-state index in [0.29, 0.717) is 12.1 Å². The smallest absolute Gasteiger partial charge is 0.150 e.